The average molecular weight is 694 g/mol. The highest BCUT2D eigenvalue weighted by Gasteiger charge is 2.17. The van der Waals surface area contributed by atoms with Crippen molar-refractivity contribution in [1.29, 1.82) is 0 Å². The first kappa shape index (κ1) is 34.9. The van der Waals surface area contributed by atoms with Crippen molar-refractivity contribution >= 4 is 86.1 Å². The fraction of sp³-hybridized carbons (Fsp3) is 0.300. The third-order valence-electron chi connectivity index (χ3n) is 6.48. The van der Waals surface area contributed by atoms with Crippen LogP contribution in [0.5, 0.6) is 5.75 Å². The van der Waals surface area contributed by atoms with Gasteiger partial charge in [0.2, 0.25) is 0 Å². The van der Waals surface area contributed by atoms with Gasteiger partial charge in [-0.1, -0.05) is 13.8 Å². The first-order valence-electron chi connectivity index (χ1n) is 14.5. The summed E-state index contributed by atoms with van der Waals surface area (Å²) in [6.07, 6.45) is 1.36. The summed E-state index contributed by atoms with van der Waals surface area (Å²) in [7, 11) is 0. The van der Waals surface area contributed by atoms with Crippen LogP contribution < -0.4 is 31.3 Å². The average Bonchev–Trinajstić information content (AvgIpc) is 3.51. The lowest BCUT2D eigenvalue weighted by Crippen LogP contribution is -2.40. The number of rotatable bonds is 15. The molecule has 0 spiro atoms. The molecular weight excluding hydrogens is 663 g/mol. The van der Waals surface area contributed by atoms with E-state index in [2.05, 4.69) is 70.1 Å². The minimum atomic E-state index is -0.397. The Labute approximate surface area is 283 Å². The van der Waals surface area contributed by atoms with Gasteiger partial charge in [0.05, 0.1) is 21.7 Å². The third-order valence-corrected chi connectivity index (χ3v) is 7.33. The molecule has 0 saturated heterocycles. The number of benzene rings is 2. The van der Waals surface area contributed by atoms with Crippen LogP contribution in [0.2, 0.25) is 0 Å². The summed E-state index contributed by atoms with van der Waals surface area (Å²) in [6, 6.07) is 11.8. The van der Waals surface area contributed by atoms with Crippen LogP contribution in [0.3, 0.4) is 0 Å². The van der Waals surface area contributed by atoms with Crippen molar-refractivity contribution in [1.82, 2.24) is 29.7 Å². The molecule has 17 heteroatoms. The maximum absolute atomic E-state index is 13.0. The second-order valence-electron chi connectivity index (χ2n) is 9.90. The van der Waals surface area contributed by atoms with Crippen LogP contribution in [0.1, 0.15) is 26.7 Å². The molecule has 4 aromatic rings. The molecule has 0 aliphatic heterocycles. The number of carbonyl (C=O) groups excluding carboxylic acids is 2. The monoisotopic (exact) mass is 693 g/mol. The van der Waals surface area contributed by atoms with Crippen molar-refractivity contribution in [2.24, 2.45) is 9.98 Å². The summed E-state index contributed by atoms with van der Waals surface area (Å²) in [6.45, 7) is 4.77. The molecule has 0 aliphatic rings. The lowest BCUT2D eigenvalue weighted by atomic mass is 10.2. The largest absolute Gasteiger partial charge is 0.484 e. The number of imidazole rings is 1. The molecule has 0 unspecified atom stereocenters. The number of hydrogen-bond acceptors (Lipinski definition) is 12. The number of fused-ring (bicyclic) bond motifs is 1. The van der Waals surface area contributed by atoms with Gasteiger partial charge in [-0.15, -0.1) is 0 Å². The molecule has 47 heavy (non-hydrogen) atoms. The molecule has 0 saturated carbocycles. The first-order chi connectivity index (χ1) is 22.8. The number of nitrogens with one attached hydrogen (secondary N) is 4. The Morgan fingerprint density at radius 3 is 2.23 bits per heavy atom. The molecule has 2 aromatic heterocycles. The molecule has 4 N–H and O–H groups in total. The van der Waals surface area contributed by atoms with Crippen molar-refractivity contribution in [3.8, 4) is 17.1 Å². The molecule has 0 radical (unpaired) electrons. The number of aryl methyl sites for hydroxylation is 1. The topological polar surface area (TPSA) is 177 Å². The number of anilines is 1. The lowest BCUT2D eigenvalue weighted by Gasteiger charge is -2.09. The summed E-state index contributed by atoms with van der Waals surface area (Å²) in [5, 5.41) is 9.52. The lowest BCUT2D eigenvalue weighted by molar-refractivity contribution is -0.123. The Kier molecular flexibility index (Phi) is 12.7. The van der Waals surface area contributed by atoms with E-state index in [1.54, 1.807) is 42.5 Å². The predicted octanol–water partition coefficient (Wildman–Crippen LogP) is 4.81. The van der Waals surface area contributed by atoms with Crippen LogP contribution in [0, 0.1) is 0 Å². The van der Waals surface area contributed by atoms with Gasteiger partial charge in [0, 0.05) is 49.4 Å². The van der Waals surface area contributed by atoms with Crippen LogP contribution in [-0.2, 0) is 17.9 Å². The minimum absolute atomic E-state index is 0.189. The van der Waals surface area contributed by atoms with Crippen LogP contribution in [0.15, 0.2) is 62.0 Å². The van der Waals surface area contributed by atoms with Crippen LogP contribution in [0.4, 0.5) is 21.9 Å². The highest BCUT2D eigenvalue weighted by molar-refractivity contribution is 8.14. The highest BCUT2D eigenvalue weighted by atomic mass is 32.2. The second kappa shape index (κ2) is 17.1. The van der Waals surface area contributed by atoms with Crippen molar-refractivity contribution in [3.63, 3.8) is 0 Å². The molecule has 4 rings (SSSR count). The summed E-state index contributed by atoms with van der Waals surface area (Å²) < 4.78 is 11.2. The molecule has 0 atom stereocenters. The van der Waals surface area contributed by atoms with Crippen molar-refractivity contribution in [2.45, 2.75) is 39.8 Å². The molecule has 0 aliphatic carbocycles. The van der Waals surface area contributed by atoms with Crippen LogP contribution in [0.25, 0.3) is 22.6 Å². The van der Waals surface area contributed by atoms with E-state index in [9.17, 15) is 19.2 Å². The minimum Gasteiger partial charge on any atom is -0.484 e. The normalized spacial score (nSPS) is 10.5. The Hall–Kier alpha value is -4.92. The van der Waals surface area contributed by atoms with Crippen LogP contribution in [-0.4, -0.2) is 60.3 Å². The van der Waals surface area contributed by atoms with Gasteiger partial charge in [-0.3, -0.25) is 23.5 Å². The molecule has 0 fully saturated rings. The number of hydrogen-bond donors (Lipinski definition) is 4. The zero-order chi connectivity index (χ0) is 33.8. The van der Waals surface area contributed by atoms with Crippen molar-refractivity contribution < 1.29 is 14.3 Å². The maximum atomic E-state index is 13.0. The number of aromatic nitrogens is 4. The highest BCUT2D eigenvalue weighted by Crippen LogP contribution is 2.28. The molecule has 244 valence electrons. The molecule has 2 amide bonds. The number of carbonyl (C=O) groups is 2. The summed E-state index contributed by atoms with van der Waals surface area (Å²) in [5.74, 6) is 0.518. The maximum Gasteiger partial charge on any atom is 0.332 e. The SMILES string of the molecule is CCCn1c(=O)c2[nH]c(-c3ccc(OCC(=O)NCCNC(=O)SNc4cc(N=C=S)cc(N=C=S)c4)cc3)nc2n(CCC)c1=O. The van der Waals surface area contributed by atoms with E-state index in [-0.39, 0.29) is 42.0 Å². The first-order valence-corrected chi connectivity index (χ1v) is 16.2. The van der Waals surface area contributed by atoms with E-state index in [1.807, 2.05) is 13.8 Å². The molecule has 0 bridgehead atoms. The number of isothiocyanates is 2. The van der Waals surface area contributed by atoms with Gasteiger partial charge in [-0.25, -0.2) is 9.78 Å². The number of ether oxygens (including phenoxy) is 1. The Bertz CT molecular complexity index is 1940. The van der Waals surface area contributed by atoms with E-state index >= 15 is 0 Å². The Balaban J connectivity index is 1.25. The number of aliphatic imine (C=N–C) groups is 2. The number of nitrogens with zero attached hydrogens (tertiary/aromatic N) is 5. The molecular formula is C30H31N9O5S3. The van der Waals surface area contributed by atoms with Crippen molar-refractivity contribution in [3.05, 3.63) is 63.3 Å². The van der Waals surface area contributed by atoms with Crippen molar-refractivity contribution in [2.75, 3.05) is 24.4 Å². The standard InChI is InChI=1S/C30H31N9O5S3/c1-3-11-38-27-25(28(41)39(12-4-2)30(38)43)35-26(36-27)19-5-7-23(8-6-19)44-16-24(40)31-9-10-32-29(42)47-37-22-14-20(33-17-45)13-21(15-22)34-18-46/h5-8,13-15,37H,3-4,9-12,16H2,1-2H3,(H,31,40)(H,32,42)(H,35,36). The van der Waals surface area contributed by atoms with Gasteiger partial charge in [-0.05, 0) is 79.7 Å². The fourth-order valence-electron chi connectivity index (χ4n) is 4.45. The van der Waals surface area contributed by atoms with Gasteiger partial charge in [-0.2, -0.15) is 9.98 Å². The number of amides is 2. The van der Waals surface area contributed by atoms with E-state index < -0.39 is 5.56 Å². The molecule has 2 aromatic carbocycles. The third kappa shape index (κ3) is 9.31. The zero-order valence-corrected chi connectivity index (χ0v) is 27.9. The predicted molar refractivity (Wildman–Crippen MR) is 190 cm³/mol. The molecule has 2 heterocycles. The van der Waals surface area contributed by atoms with Gasteiger partial charge < -0.3 is 25.1 Å². The Morgan fingerprint density at radius 2 is 1.60 bits per heavy atom. The second-order valence-corrected chi connectivity index (χ2v) is 11.0. The van der Waals surface area contributed by atoms with E-state index in [4.69, 9.17) is 4.74 Å². The smallest absolute Gasteiger partial charge is 0.332 e. The zero-order valence-electron chi connectivity index (χ0n) is 25.5. The van der Waals surface area contributed by atoms with E-state index in [0.717, 1.165) is 11.9 Å². The van der Waals surface area contributed by atoms with Gasteiger partial charge in [0.25, 0.3) is 16.7 Å². The Morgan fingerprint density at radius 1 is 0.957 bits per heavy atom. The number of thiocarbonyl (C=S) groups is 2. The summed E-state index contributed by atoms with van der Waals surface area (Å²) in [5.41, 5.74) is 2.03. The quantitative estimate of drug-likeness (QED) is 0.0585. The number of aromatic amines is 1. The summed E-state index contributed by atoms with van der Waals surface area (Å²) in [4.78, 5) is 65.9. The van der Waals surface area contributed by atoms with E-state index in [1.165, 1.54) is 9.13 Å². The van der Waals surface area contributed by atoms with Gasteiger partial charge in [0.15, 0.2) is 12.3 Å². The fourth-order valence-corrected chi connectivity index (χ4v) is 5.17. The van der Waals surface area contributed by atoms with E-state index in [0.29, 0.717) is 65.8 Å². The van der Waals surface area contributed by atoms with Gasteiger partial charge >= 0.3 is 5.69 Å². The number of H-pyrrole nitrogens is 1. The molecule has 14 nitrogen and oxygen atoms in total. The van der Waals surface area contributed by atoms with Gasteiger partial charge in [0.1, 0.15) is 17.1 Å². The summed E-state index contributed by atoms with van der Waals surface area (Å²) >= 11 is 10.1. The van der Waals surface area contributed by atoms with Crippen LogP contribution >= 0.6 is 36.4 Å².